The number of thioether (sulfide) groups is 1. The van der Waals surface area contributed by atoms with Gasteiger partial charge in [0.15, 0.2) is 0 Å². The third-order valence-electron chi connectivity index (χ3n) is 1.90. The molecule has 0 spiro atoms. The first-order valence-electron chi connectivity index (χ1n) is 4.29. The van der Waals surface area contributed by atoms with Gasteiger partial charge >= 0.3 is 0 Å². The largest absolute Gasteiger partial charge is 0.363 e. The number of hydrogen-bond acceptors (Lipinski definition) is 3. The second-order valence-electron chi connectivity index (χ2n) is 3.22. The van der Waals surface area contributed by atoms with Crippen LogP contribution in [0.1, 0.15) is 12.8 Å². The Balaban J connectivity index is 2.36. The van der Waals surface area contributed by atoms with E-state index in [4.69, 9.17) is 24.4 Å². The van der Waals surface area contributed by atoms with Gasteiger partial charge in [0, 0.05) is 27.2 Å². The van der Waals surface area contributed by atoms with Gasteiger partial charge in [0.1, 0.15) is 8.64 Å². The fourth-order valence-electron chi connectivity index (χ4n) is 1.13. The van der Waals surface area contributed by atoms with E-state index in [1.54, 1.807) is 0 Å². The lowest BCUT2D eigenvalue weighted by molar-refractivity contribution is 0.539. The summed E-state index contributed by atoms with van der Waals surface area (Å²) in [5.41, 5.74) is 0. The molecule has 0 unspecified atom stereocenters. The van der Waals surface area contributed by atoms with E-state index in [0.717, 1.165) is 21.7 Å². The van der Waals surface area contributed by atoms with Gasteiger partial charge in [-0.15, -0.1) is 0 Å². The van der Waals surface area contributed by atoms with E-state index in [2.05, 4.69) is 4.90 Å². The Labute approximate surface area is 94.6 Å². The maximum Gasteiger partial charge on any atom is 0.143 e. The monoisotopic (exact) mass is 234 g/mol. The molecular weight excluding hydrogens is 220 g/mol. The highest BCUT2D eigenvalue weighted by Gasteiger charge is 2.16. The van der Waals surface area contributed by atoms with Crippen LogP contribution in [0.4, 0.5) is 0 Å². The Morgan fingerprint density at radius 1 is 1.23 bits per heavy atom. The minimum Gasteiger partial charge on any atom is -0.363 e. The highest BCUT2D eigenvalue weighted by atomic mass is 32.2. The molecule has 2 nitrogen and oxygen atoms in total. The zero-order valence-electron chi connectivity index (χ0n) is 7.95. The number of likely N-dealkylation sites (tertiary alicyclic amines) is 1. The molecule has 0 aliphatic carbocycles. The molecule has 0 aromatic heterocycles. The Bertz CT molecular complexity index is 209. The van der Waals surface area contributed by atoms with Crippen LogP contribution in [0.5, 0.6) is 0 Å². The molecule has 13 heavy (non-hydrogen) atoms. The van der Waals surface area contributed by atoms with Crippen LogP contribution in [0.25, 0.3) is 0 Å². The van der Waals surface area contributed by atoms with Gasteiger partial charge in [0.2, 0.25) is 0 Å². The molecule has 1 aliphatic heterocycles. The quantitative estimate of drug-likeness (QED) is 0.589. The lowest BCUT2D eigenvalue weighted by Crippen LogP contribution is -2.27. The van der Waals surface area contributed by atoms with Gasteiger partial charge in [-0.1, -0.05) is 24.4 Å². The molecule has 0 radical (unpaired) electrons. The molecule has 1 rings (SSSR count). The predicted molar refractivity (Wildman–Crippen MR) is 67.3 cm³/mol. The Morgan fingerprint density at radius 2 is 1.77 bits per heavy atom. The van der Waals surface area contributed by atoms with Crippen molar-refractivity contribution in [3.8, 4) is 0 Å². The molecule has 0 aromatic carbocycles. The van der Waals surface area contributed by atoms with Crippen LogP contribution in [0.3, 0.4) is 0 Å². The summed E-state index contributed by atoms with van der Waals surface area (Å²) >= 11 is 12.0. The normalized spacial score (nSPS) is 16.0. The zero-order valence-corrected chi connectivity index (χ0v) is 10.4. The van der Waals surface area contributed by atoms with Crippen LogP contribution in [0, 0.1) is 0 Å². The van der Waals surface area contributed by atoms with Gasteiger partial charge in [-0.3, -0.25) is 0 Å². The van der Waals surface area contributed by atoms with Crippen molar-refractivity contribution in [3.63, 3.8) is 0 Å². The second-order valence-corrected chi connectivity index (χ2v) is 5.49. The summed E-state index contributed by atoms with van der Waals surface area (Å²) in [6, 6.07) is 0. The van der Waals surface area contributed by atoms with Gasteiger partial charge < -0.3 is 9.80 Å². The van der Waals surface area contributed by atoms with Crippen LogP contribution in [-0.2, 0) is 0 Å². The first kappa shape index (κ1) is 11.2. The van der Waals surface area contributed by atoms with Crippen LogP contribution in [0.15, 0.2) is 0 Å². The van der Waals surface area contributed by atoms with Gasteiger partial charge in [0.25, 0.3) is 0 Å². The van der Waals surface area contributed by atoms with E-state index in [1.807, 2.05) is 19.0 Å². The minimum atomic E-state index is 0.844. The van der Waals surface area contributed by atoms with E-state index in [1.165, 1.54) is 24.6 Å². The highest BCUT2D eigenvalue weighted by molar-refractivity contribution is 8.37. The molecular formula is C8H14N2S3. The summed E-state index contributed by atoms with van der Waals surface area (Å²) in [7, 11) is 3.89. The zero-order chi connectivity index (χ0) is 9.84. The van der Waals surface area contributed by atoms with E-state index in [9.17, 15) is 0 Å². The van der Waals surface area contributed by atoms with Crippen molar-refractivity contribution in [2.45, 2.75) is 12.8 Å². The van der Waals surface area contributed by atoms with Gasteiger partial charge in [-0.25, -0.2) is 0 Å². The summed E-state index contributed by atoms with van der Waals surface area (Å²) in [4.78, 5) is 4.15. The Hall–Kier alpha value is 0.130. The molecule has 1 saturated heterocycles. The fourth-order valence-corrected chi connectivity index (χ4v) is 2.59. The highest BCUT2D eigenvalue weighted by Crippen LogP contribution is 2.18. The average Bonchev–Trinajstić information content (AvgIpc) is 2.55. The van der Waals surface area contributed by atoms with Crippen molar-refractivity contribution in [3.05, 3.63) is 0 Å². The average molecular weight is 234 g/mol. The van der Waals surface area contributed by atoms with Crippen molar-refractivity contribution in [1.82, 2.24) is 9.80 Å². The van der Waals surface area contributed by atoms with Crippen molar-refractivity contribution >= 4 is 44.8 Å². The summed E-state index contributed by atoms with van der Waals surface area (Å²) in [6.07, 6.45) is 2.52. The standard InChI is InChI=1S/C8H14N2S3/c1-9(2)7(11)13-8(12)10-5-3-4-6-10/h3-6H2,1-2H3. The smallest absolute Gasteiger partial charge is 0.143 e. The van der Waals surface area contributed by atoms with E-state index in [-0.39, 0.29) is 0 Å². The molecule has 0 atom stereocenters. The number of rotatable bonds is 0. The number of thiocarbonyl (C=S) groups is 2. The van der Waals surface area contributed by atoms with Crippen molar-refractivity contribution in [2.24, 2.45) is 0 Å². The molecule has 1 heterocycles. The lowest BCUT2D eigenvalue weighted by Gasteiger charge is -2.20. The minimum absolute atomic E-state index is 0.844. The molecule has 0 saturated carbocycles. The fraction of sp³-hybridized carbons (Fsp3) is 0.750. The molecule has 0 aromatic rings. The summed E-state index contributed by atoms with van der Waals surface area (Å²) in [5.74, 6) is 0. The van der Waals surface area contributed by atoms with E-state index in [0.29, 0.717) is 0 Å². The molecule has 0 amide bonds. The van der Waals surface area contributed by atoms with Gasteiger partial charge in [-0.2, -0.15) is 0 Å². The second kappa shape index (κ2) is 5.12. The molecule has 1 fully saturated rings. The Kier molecular flexibility index (Phi) is 4.41. The van der Waals surface area contributed by atoms with Crippen LogP contribution >= 0.6 is 36.2 Å². The number of hydrogen-bond donors (Lipinski definition) is 0. The van der Waals surface area contributed by atoms with Crippen LogP contribution < -0.4 is 0 Å². The van der Waals surface area contributed by atoms with Crippen molar-refractivity contribution in [1.29, 1.82) is 0 Å². The van der Waals surface area contributed by atoms with E-state index < -0.39 is 0 Å². The van der Waals surface area contributed by atoms with Crippen molar-refractivity contribution in [2.75, 3.05) is 27.2 Å². The molecule has 1 aliphatic rings. The first-order valence-corrected chi connectivity index (χ1v) is 5.92. The number of nitrogens with zero attached hydrogens (tertiary/aromatic N) is 2. The molecule has 74 valence electrons. The van der Waals surface area contributed by atoms with Gasteiger partial charge in [-0.05, 0) is 24.6 Å². The molecule has 0 bridgehead atoms. The summed E-state index contributed by atoms with van der Waals surface area (Å²) in [5, 5.41) is 0. The van der Waals surface area contributed by atoms with Crippen LogP contribution in [0.2, 0.25) is 0 Å². The third kappa shape index (κ3) is 3.40. The Morgan fingerprint density at radius 3 is 2.23 bits per heavy atom. The summed E-state index contributed by atoms with van der Waals surface area (Å²) < 4.78 is 1.77. The maximum atomic E-state index is 5.28. The van der Waals surface area contributed by atoms with Crippen molar-refractivity contribution < 1.29 is 0 Å². The predicted octanol–water partition coefficient (Wildman–Crippen LogP) is 1.95. The third-order valence-corrected chi connectivity index (χ3v) is 4.00. The first-order chi connectivity index (χ1) is 6.11. The SMILES string of the molecule is CN(C)C(=S)SC(=S)N1CCCC1. The van der Waals surface area contributed by atoms with Gasteiger partial charge in [0.05, 0.1) is 0 Å². The van der Waals surface area contributed by atoms with Crippen LogP contribution in [-0.4, -0.2) is 45.6 Å². The topological polar surface area (TPSA) is 6.48 Å². The maximum absolute atomic E-state index is 5.28. The molecule has 0 N–H and O–H groups in total. The molecule has 5 heteroatoms. The lowest BCUT2D eigenvalue weighted by atomic mass is 10.4. The van der Waals surface area contributed by atoms with E-state index >= 15 is 0 Å². The summed E-state index contributed by atoms with van der Waals surface area (Å²) in [6.45, 7) is 2.20.